The van der Waals surface area contributed by atoms with E-state index in [4.69, 9.17) is 16.7 Å². The van der Waals surface area contributed by atoms with E-state index in [-0.39, 0.29) is 17.1 Å². The third-order valence-corrected chi connectivity index (χ3v) is 3.34. The number of rotatable bonds is 5. The normalized spacial score (nSPS) is 13.7. The molecule has 0 radical (unpaired) electrons. The maximum Gasteiger partial charge on any atom is 0.311 e. The molecule has 104 valence electrons. The Kier molecular flexibility index (Phi) is 4.89. The number of carbonyl (C=O) groups is 2. The van der Waals surface area contributed by atoms with Crippen molar-refractivity contribution in [3.8, 4) is 0 Å². The summed E-state index contributed by atoms with van der Waals surface area (Å²) in [6, 6.07) is 3.63. The van der Waals surface area contributed by atoms with Crippen molar-refractivity contribution in [1.82, 2.24) is 5.32 Å². The van der Waals surface area contributed by atoms with Gasteiger partial charge < -0.3 is 10.4 Å². The second kappa shape index (κ2) is 6.02. The van der Waals surface area contributed by atoms with Crippen LogP contribution < -0.4 is 5.32 Å². The second-order valence-corrected chi connectivity index (χ2v) is 4.96. The van der Waals surface area contributed by atoms with Crippen molar-refractivity contribution in [3.05, 3.63) is 34.6 Å². The fourth-order valence-corrected chi connectivity index (χ4v) is 1.57. The quantitative estimate of drug-likeness (QED) is 0.875. The zero-order valence-corrected chi connectivity index (χ0v) is 11.4. The number of nitrogens with one attached hydrogen (secondary N) is 1. The van der Waals surface area contributed by atoms with E-state index >= 15 is 0 Å². The largest absolute Gasteiger partial charge is 0.481 e. The lowest BCUT2D eigenvalue weighted by Gasteiger charge is -2.23. The maximum atomic E-state index is 13.4. The van der Waals surface area contributed by atoms with Crippen LogP contribution in [0.4, 0.5) is 4.39 Å². The molecule has 0 aromatic heterocycles. The molecule has 2 N–H and O–H groups in total. The van der Waals surface area contributed by atoms with Crippen molar-refractivity contribution in [3.63, 3.8) is 0 Å². The van der Waals surface area contributed by atoms with Gasteiger partial charge in [0.1, 0.15) is 5.82 Å². The Hall–Kier alpha value is -1.62. The number of aliphatic carboxylic acids is 1. The van der Waals surface area contributed by atoms with E-state index in [1.54, 1.807) is 6.92 Å². The average Bonchev–Trinajstić information content (AvgIpc) is 2.38. The van der Waals surface area contributed by atoms with E-state index in [0.29, 0.717) is 6.42 Å². The van der Waals surface area contributed by atoms with E-state index < -0.39 is 23.1 Å². The first-order valence-corrected chi connectivity index (χ1v) is 6.14. The first kappa shape index (κ1) is 15.4. The first-order chi connectivity index (χ1) is 8.80. The summed E-state index contributed by atoms with van der Waals surface area (Å²) in [5.41, 5.74) is -1.28. The lowest BCUT2D eigenvalue weighted by molar-refractivity contribution is -0.147. The molecule has 0 aliphatic carbocycles. The van der Waals surface area contributed by atoms with Gasteiger partial charge in [0.05, 0.1) is 11.0 Å². The zero-order chi connectivity index (χ0) is 14.6. The number of halogens is 2. The number of hydrogen-bond donors (Lipinski definition) is 2. The summed E-state index contributed by atoms with van der Waals surface area (Å²) in [6.07, 6.45) is 0.348. The SMILES string of the molecule is CCC(C)(CNC(=O)c1cc(Cl)ccc1F)C(=O)O. The average molecular weight is 288 g/mol. The first-order valence-electron chi connectivity index (χ1n) is 5.77. The Labute approximate surface area is 115 Å². The predicted octanol–water partition coefficient (Wildman–Crippen LogP) is 2.71. The predicted molar refractivity (Wildman–Crippen MR) is 69.8 cm³/mol. The van der Waals surface area contributed by atoms with Gasteiger partial charge in [0.25, 0.3) is 5.91 Å². The van der Waals surface area contributed by atoms with Gasteiger partial charge in [0.15, 0.2) is 0 Å². The highest BCUT2D eigenvalue weighted by Crippen LogP contribution is 2.20. The van der Waals surface area contributed by atoms with Crippen LogP contribution in [-0.4, -0.2) is 23.5 Å². The lowest BCUT2D eigenvalue weighted by Crippen LogP contribution is -2.40. The maximum absolute atomic E-state index is 13.4. The van der Waals surface area contributed by atoms with Crippen LogP contribution in [0.25, 0.3) is 0 Å². The Balaban J connectivity index is 2.81. The molecule has 0 heterocycles. The standard InChI is InChI=1S/C13H15ClFNO3/c1-3-13(2,12(18)19)7-16-11(17)9-6-8(14)4-5-10(9)15/h4-6H,3,7H2,1-2H3,(H,16,17)(H,18,19). The van der Waals surface area contributed by atoms with Crippen LogP contribution in [0.15, 0.2) is 18.2 Å². The summed E-state index contributed by atoms with van der Waals surface area (Å²) in [6.45, 7) is 3.15. The highest BCUT2D eigenvalue weighted by Gasteiger charge is 2.31. The molecule has 1 amide bonds. The van der Waals surface area contributed by atoms with Crippen molar-refractivity contribution < 1.29 is 19.1 Å². The second-order valence-electron chi connectivity index (χ2n) is 4.53. The summed E-state index contributed by atoms with van der Waals surface area (Å²) in [4.78, 5) is 22.9. The number of carbonyl (C=O) groups excluding carboxylic acids is 1. The summed E-state index contributed by atoms with van der Waals surface area (Å²) in [5, 5.41) is 11.7. The van der Waals surface area contributed by atoms with Gasteiger partial charge in [-0.3, -0.25) is 9.59 Å². The van der Waals surface area contributed by atoms with Gasteiger partial charge in [0, 0.05) is 11.6 Å². The van der Waals surface area contributed by atoms with Gasteiger partial charge in [-0.1, -0.05) is 18.5 Å². The van der Waals surface area contributed by atoms with Crippen LogP contribution in [-0.2, 0) is 4.79 Å². The van der Waals surface area contributed by atoms with Gasteiger partial charge in [0.2, 0.25) is 0 Å². The molecule has 1 aromatic rings. The minimum absolute atomic E-state index is 0.0797. The van der Waals surface area contributed by atoms with Crippen molar-refractivity contribution >= 4 is 23.5 Å². The molecule has 0 saturated heterocycles. The Bertz CT molecular complexity index is 507. The van der Waals surface area contributed by atoms with Crippen LogP contribution in [0.2, 0.25) is 5.02 Å². The molecule has 1 atom stereocenters. The fraction of sp³-hybridized carbons (Fsp3) is 0.385. The molecule has 1 unspecified atom stereocenters. The minimum atomic E-state index is -1.08. The molecule has 19 heavy (non-hydrogen) atoms. The highest BCUT2D eigenvalue weighted by molar-refractivity contribution is 6.31. The monoisotopic (exact) mass is 287 g/mol. The van der Waals surface area contributed by atoms with Gasteiger partial charge in [-0.2, -0.15) is 0 Å². The number of hydrogen-bond acceptors (Lipinski definition) is 2. The van der Waals surface area contributed by atoms with Crippen molar-refractivity contribution in [2.24, 2.45) is 5.41 Å². The van der Waals surface area contributed by atoms with Gasteiger partial charge >= 0.3 is 5.97 Å². The van der Waals surface area contributed by atoms with E-state index in [0.717, 1.165) is 6.07 Å². The zero-order valence-electron chi connectivity index (χ0n) is 10.7. The molecule has 6 heteroatoms. The molecule has 1 aromatic carbocycles. The van der Waals surface area contributed by atoms with Crippen molar-refractivity contribution in [2.75, 3.05) is 6.54 Å². The number of carboxylic acid groups (broad SMARTS) is 1. The number of benzene rings is 1. The molecule has 4 nitrogen and oxygen atoms in total. The van der Waals surface area contributed by atoms with Crippen LogP contribution in [0.5, 0.6) is 0 Å². The molecule has 0 spiro atoms. The Morgan fingerprint density at radius 3 is 2.63 bits per heavy atom. The molecular formula is C13H15ClFNO3. The van der Waals surface area contributed by atoms with Crippen LogP contribution in [0.3, 0.4) is 0 Å². The Morgan fingerprint density at radius 2 is 2.11 bits per heavy atom. The van der Waals surface area contributed by atoms with Crippen LogP contribution in [0.1, 0.15) is 30.6 Å². The van der Waals surface area contributed by atoms with Crippen LogP contribution >= 0.6 is 11.6 Å². The van der Waals surface area contributed by atoms with E-state index in [9.17, 15) is 14.0 Å². The van der Waals surface area contributed by atoms with Gasteiger partial charge in [-0.15, -0.1) is 0 Å². The molecule has 1 rings (SSSR count). The summed E-state index contributed by atoms with van der Waals surface area (Å²) < 4.78 is 13.4. The highest BCUT2D eigenvalue weighted by atomic mass is 35.5. The smallest absolute Gasteiger partial charge is 0.311 e. The van der Waals surface area contributed by atoms with Crippen LogP contribution in [0, 0.1) is 11.2 Å². The number of carboxylic acids is 1. The minimum Gasteiger partial charge on any atom is -0.481 e. The van der Waals surface area contributed by atoms with E-state index in [1.807, 2.05) is 0 Å². The van der Waals surface area contributed by atoms with Crippen molar-refractivity contribution in [1.29, 1.82) is 0 Å². The van der Waals surface area contributed by atoms with E-state index in [2.05, 4.69) is 5.32 Å². The third kappa shape index (κ3) is 3.67. The fourth-order valence-electron chi connectivity index (χ4n) is 1.39. The van der Waals surface area contributed by atoms with Gasteiger partial charge in [-0.25, -0.2) is 4.39 Å². The van der Waals surface area contributed by atoms with Gasteiger partial charge in [-0.05, 0) is 31.5 Å². The molecule has 0 aliphatic heterocycles. The summed E-state index contributed by atoms with van der Waals surface area (Å²) in [5.74, 6) is -2.39. The molecule has 0 bridgehead atoms. The van der Waals surface area contributed by atoms with E-state index in [1.165, 1.54) is 19.1 Å². The van der Waals surface area contributed by atoms with Crippen molar-refractivity contribution in [2.45, 2.75) is 20.3 Å². The summed E-state index contributed by atoms with van der Waals surface area (Å²) >= 11 is 5.69. The summed E-state index contributed by atoms with van der Waals surface area (Å²) in [7, 11) is 0. The molecule has 0 aliphatic rings. The molecule has 0 saturated carbocycles. The number of amides is 1. The Morgan fingerprint density at radius 1 is 1.47 bits per heavy atom. The molecule has 0 fully saturated rings. The molecular weight excluding hydrogens is 273 g/mol. The topological polar surface area (TPSA) is 66.4 Å². The lowest BCUT2D eigenvalue weighted by atomic mass is 9.87. The third-order valence-electron chi connectivity index (χ3n) is 3.11.